The Morgan fingerprint density at radius 1 is 1.00 bits per heavy atom. The fourth-order valence-electron chi connectivity index (χ4n) is 4.53. The standard InChI is InChI=1S/C30H31N3O4/c1-22-28(21-32(20-27-14-9-19-36-27)29(34)23-10-5-3-6-11-23)30(33(31-22)24-12-7-4-8-13-24)37-26-17-15-25(35-2)16-18-26/h3-8,10-13,15-18,27H,9,14,19-21H2,1-2H3. The summed E-state index contributed by atoms with van der Waals surface area (Å²) in [5.74, 6) is 1.93. The van der Waals surface area contributed by atoms with Crippen LogP contribution < -0.4 is 9.47 Å². The van der Waals surface area contributed by atoms with Crippen LogP contribution in [-0.4, -0.2) is 47.0 Å². The normalized spacial score (nSPS) is 14.9. The molecule has 2 heterocycles. The van der Waals surface area contributed by atoms with Crippen LogP contribution in [0.4, 0.5) is 0 Å². The molecular formula is C30H31N3O4. The predicted octanol–water partition coefficient (Wildman–Crippen LogP) is 5.80. The fraction of sp³-hybridized carbons (Fsp3) is 0.267. The molecule has 0 saturated carbocycles. The molecule has 5 rings (SSSR count). The van der Waals surface area contributed by atoms with Crippen LogP contribution >= 0.6 is 0 Å². The molecule has 1 aliphatic rings. The van der Waals surface area contributed by atoms with E-state index in [0.29, 0.717) is 30.3 Å². The maximum atomic E-state index is 13.7. The van der Waals surface area contributed by atoms with Crippen LogP contribution in [0.3, 0.4) is 0 Å². The van der Waals surface area contributed by atoms with Crippen LogP contribution in [0.15, 0.2) is 84.9 Å². The second kappa shape index (κ2) is 11.3. The van der Waals surface area contributed by atoms with E-state index in [9.17, 15) is 4.79 Å². The highest BCUT2D eigenvalue weighted by atomic mass is 16.5. The molecule has 7 heteroatoms. The zero-order valence-corrected chi connectivity index (χ0v) is 21.2. The number of hydrogen-bond donors (Lipinski definition) is 0. The zero-order valence-electron chi connectivity index (χ0n) is 21.2. The van der Waals surface area contributed by atoms with Crippen molar-refractivity contribution in [2.24, 2.45) is 0 Å². The summed E-state index contributed by atoms with van der Waals surface area (Å²) >= 11 is 0. The molecule has 3 aromatic carbocycles. The number of rotatable bonds is 9. The van der Waals surface area contributed by atoms with Gasteiger partial charge in [0.2, 0.25) is 5.88 Å². The van der Waals surface area contributed by atoms with Crippen molar-refractivity contribution in [2.45, 2.75) is 32.4 Å². The van der Waals surface area contributed by atoms with Gasteiger partial charge >= 0.3 is 0 Å². The monoisotopic (exact) mass is 497 g/mol. The van der Waals surface area contributed by atoms with Gasteiger partial charge in [-0.2, -0.15) is 5.10 Å². The quantitative estimate of drug-likeness (QED) is 0.292. The first kappa shape index (κ1) is 24.6. The topological polar surface area (TPSA) is 65.8 Å². The highest BCUT2D eigenvalue weighted by Gasteiger charge is 2.27. The molecule has 0 aliphatic carbocycles. The van der Waals surface area contributed by atoms with Crippen molar-refractivity contribution in [3.63, 3.8) is 0 Å². The maximum absolute atomic E-state index is 13.7. The first-order chi connectivity index (χ1) is 18.1. The van der Waals surface area contributed by atoms with Gasteiger partial charge in [0.1, 0.15) is 11.5 Å². The van der Waals surface area contributed by atoms with Crippen molar-refractivity contribution < 1.29 is 19.0 Å². The van der Waals surface area contributed by atoms with Gasteiger partial charge in [0.05, 0.1) is 36.7 Å². The zero-order chi connectivity index (χ0) is 25.6. The number of carbonyl (C=O) groups is 1. The van der Waals surface area contributed by atoms with Crippen molar-refractivity contribution in [1.29, 1.82) is 0 Å². The van der Waals surface area contributed by atoms with E-state index in [1.54, 1.807) is 11.8 Å². The summed E-state index contributed by atoms with van der Waals surface area (Å²) in [6, 6.07) is 26.7. The predicted molar refractivity (Wildman–Crippen MR) is 142 cm³/mol. The maximum Gasteiger partial charge on any atom is 0.254 e. The number of aryl methyl sites for hydroxylation is 1. The van der Waals surface area contributed by atoms with Crippen LogP contribution in [0.1, 0.15) is 34.5 Å². The molecule has 1 aliphatic heterocycles. The van der Waals surface area contributed by atoms with Crippen molar-refractivity contribution in [1.82, 2.24) is 14.7 Å². The molecule has 7 nitrogen and oxygen atoms in total. The number of ether oxygens (including phenoxy) is 3. The van der Waals surface area contributed by atoms with Crippen LogP contribution in [0.5, 0.6) is 17.4 Å². The Morgan fingerprint density at radius 2 is 1.68 bits per heavy atom. The van der Waals surface area contributed by atoms with Gasteiger partial charge in [0.15, 0.2) is 0 Å². The third-order valence-corrected chi connectivity index (χ3v) is 6.52. The number of hydrogen-bond acceptors (Lipinski definition) is 5. The van der Waals surface area contributed by atoms with Crippen LogP contribution in [0.25, 0.3) is 5.69 Å². The minimum absolute atomic E-state index is 0.0168. The van der Waals surface area contributed by atoms with E-state index < -0.39 is 0 Å². The number of nitrogens with zero attached hydrogens (tertiary/aromatic N) is 3. The van der Waals surface area contributed by atoms with Gasteiger partial charge in [-0.1, -0.05) is 36.4 Å². The number of amides is 1. The minimum Gasteiger partial charge on any atom is -0.497 e. The number of aromatic nitrogens is 2. The molecule has 1 saturated heterocycles. The Hall–Kier alpha value is -4.10. The molecule has 0 spiro atoms. The smallest absolute Gasteiger partial charge is 0.254 e. The third-order valence-electron chi connectivity index (χ3n) is 6.52. The van der Waals surface area contributed by atoms with Crippen LogP contribution in [0.2, 0.25) is 0 Å². The van der Waals surface area contributed by atoms with Gasteiger partial charge in [-0.05, 0) is 68.3 Å². The summed E-state index contributed by atoms with van der Waals surface area (Å²) in [6.45, 7) is 3.53. The molecule has 4 aromatic rings. The van der Waals surface area contributed by atoms with E-state index in [-0.39, 0.29) is 12.0 Å². The third kappa shape index (κ3) is 5.67. The summed E-state index contributed by atoms with van der Waals surface area (Å²) in [7, 11) is 1.63. The fourth-order valence-corrected chi connectivity index (χ4v) is 4.53. The number of benzene rings is 3. The SMILES string of the molecule is COc1ccc(Oc2c(CN(CC3CCCO3)C(=O)c3ccccc3)c(C)nn2-c2ccccc2)cc1. The summed E-state index contributed by atoms with van der Waals surface area (Å²) in [4.78, 5) is 15.5. The van der Waals surface area contributed by atoms with Crippen molar-refractivity contribution >= 4 is 5.91 Å². The van der Waals surface area contributed by atoms with Gasteiger partial charge in [-0.3, -0.25) is 4.79 Å². The van der Waals surface area contributed by atoms with E-state index >= 15 is 0 Å². The molecule has 1 unspecified atom stereocenters. The average molecular weight is 498 g/mol. The summed E-state index contributed by atoms with van der Waals surface area (Å²) < 4.78 is 19.4. The van der Waals surface area contributed by atoms with Gasteiger partial charge in [-0.15, -0.1) is 0 Å². The van der Waals surface area contributed by atoms with Gasteiger partial charge < -0.3 is 19.1 Å². The van der Waals surface area contributed by atoms with E-state index in [1.807, 2.05) is 96.8 Å². The first-order valence-corrected chi connectivity index (χ1v) is 12.5. The molecular weight excluding hydrogens is 466 g/mol. The minimum atomic E-state index is -0.0432. The Labute approximate surface area is 217 Å². The lowest BCUT2D eigenvalue weighted by Crippen LogP contribution is -2.37. The molecule has 1 aromatic heterocycles. The first-order valence-electron chi connectivity index (χ1n) is 12.5. The Balaban J connectivity index is 1.53. The molecule has 1 atom stereocenters. The number of methoxy groups -OCH3 is 1. The van der Waals surface area contributed by atoms with E-state index in [0.717, 1.165) is 42.1 Å². The van der Waals surface area contributed by atoms with Crippen molar-refractivity contribution in [3.8, 4) is 23.1 Å². The Kier molecular flexibility index (Phi) is 7.51. The Bertz CT molecular complexity index is 1310. The van der Waals surface area contributed by atoms with Crippen LogP contribution in [-0.2, 0) is 11.3 Å². The lowest BCUT2D eigenvalue weighted by atomic mass is 10.1. The highest BCUT2D eigenvalue weighted by molar-refractivity contribution is 5.94. The van der Waals surface area contributed by atoms with Gasteiger partial charge in [0, 0.05) is 18.7 Å². The second-order valence-electron chi connectivity index (χ2n) is 9.08. The molecule has 0 radical (unpaired) electrons. The van der Waals surface area contributed by atoms with E-state index in [4.69, 9.17) is 19.3 Å². The molecule has 1 amide bonds. The molecule has 1 fully saturated rings. The Morgan fingerprint density at radius 3 is 2.32 bits per heavy atom. The molecule has 0 bridgehead atoms. The van der Waals surface area contributed by atoms with Crippen LogP contribution in [0, 0.1) is 6.92 Å². The summed E-state index contributed by atoms with van der Waals surface area (Å²) in [5, 5.41) is 4.83. The second-order valence-corrected chi connectivity index (χ2v) is 9.08. The van der Waals surface area contributed by atoms with Gasteiger partial charge in [0.25, 0.3) is 5.91 Å². The lowest BCUT2D eigenvalue weighted by molar-refractivity contribution is 0.0505. The lowest BCUT2D eigenvalue weighted by Gasteiger charge is -2.26. The number of para-hydroxylation sites is 1. The average Bonchev–Trinajstić information content (AvgIpc) is 3.57. The van der Waals surface area contributed by atoms with Gasteiger partial charge in [-0.25, -0.2) is 4.68 Å². The summed E-state index contributed by atoms with van der Waals surface area (Å²) in [6.07, 6.45) is 1.97. The molecule has 190 valence electrons. The highest BCUT2D eigenvalue weighted by Crippen LogP contribution is 2.33. The van der Waals surface area contributed by atoms with E-state index in [2.05, 4.69) is 0 Å². The van der Waals surface area contributed by atoms with E-state index in [1.165, 1.54) is 0 Å². The molecule has 0 N–H and O–H groups in total. The number of carbonyl (C=O) groups excluding carboxylic acids is 1. The summed E-state index contributed by atoms with van der Waals surface area (Å²) in [5.41, 5.74) is 3.17. The van der Waals surface area contributed by atoms with Crippen molar-refractivity contribution in [3.05, 3.63) is 102 Å². The van der Waals surface area contributed by atoms with Crippen molar-refractivity contribution in [2.75, 3.05) is 20.3 Å². The molecule has 37 heavy (non-hydrogen) atoms. The largest absolute Gasteiger partial charge is 0.497 e.